The van der Waals surface area contributed by atoms with Gasteiger partial charge in [-0.2, -0.15) is 0 Å². The van der Waals surface area contributed by atoms with E-state index in [1.54, 1.807) is 35.5 Å². The van der Waals surface area contributed by atoms with Crippen molar-refractivity contribution in [3.63, 3.8) is 0 Å². The summed E-state index contributed by atoms with van der Waals surface area (Å²) in [6, 6.07) is 24.1. The van der Waals surface area contributed by atoms with Crippen LogP contribution in [0.2, 0.25) is 0 Å². The van der Waals surface area contributed by atoms with Crippen LogP contribution in [-0.2, 0) is 27.8 Å². The fourth-order valence-electron chi connectivity index (χ4n) is 6.81. The third kappa shape index (κ3) is 9.27. The zero-order valence-electron chi connectivity index (χ0n) is 31.9. The normalized spacial score (nSPS) is 13.6. The van der Waals surface area contributed by atoms with E-state index in [1.807, 2.05) is 42.3 Å². The standard InChI is InChI=1S/C45H47FN4O4S/c1-6-28(7-2)20-29-8-12-31(13-9-29)33-16-17-36(37(46)22-33)34-23-47-42(48-24-34)32-14-10-30(11-15-32)21-38(39(27-51)50-25-35(26-50)44(53)54)49-43(52)40-18-19-41(55-40)45(3,4)5/h8-19,22-24,28,35,38H,6-7,20-21,25-26H2,1-5H3,(H,49,52)(H,53,54)/t38-/m0/s1. The first-order chi connectivity index (χ1) is 26.4. The maximum Gasteiger partial charge on any atom is 0.310 e. The first-order valence-corrected chi connectivity index (χ1v) is 19.6. The van der Waals surface area contributed by atoms with Crippen LogP contribution in [0.15, 0.2) is 97.0 Å². The molecule has 1 aliphatic heterocycles. The van der Waals surface area contributed by atoms with Gasteiger partial charge in [0.05, 0.1) is 16.8 Å². The molecule has 1 atom stereocenters. The molecular formula is C45H47FN4O4S. The Morgan fingerprint density at radius 2 is 1.47 bits per heavy atom. The number of nitrogens with one attached hydrogen (secondary N) is 1. The van der Waals surface area contributed by atoms with Crippen LogP contribution in [0.3, 0.4) is 0 Å². The van der Waals surface area contributed by atoms with Gasteiger partial charge in [-0.15, -0.1) is 11.3 Å². The number of hydrogen-bond acceptors (Lipinski definition) is 7. The highest BCUT2D eigenvalue weighted by Crippen LogP contribution is 2.32. The van der Waals surface area contributed by atoms with Gasteiger partial charge in [0, 0.05) is 47.1 Å². The summed E-state index contributed by atoms with van der Waals surface area (Å²) in [5.41, 5.74) is 5.71. The molecule has 0 bridgehead atoms. The Labute approximate surface area is 326 Å². The minimum Gasteiger partial charge on any atom is -0.481 e. The molecule has 8 nitrogen and oxygen atoms in total. The predicted molar refractivity (Wildman–Crippen MR) is 216 cm³/mol. The number of carboxylic acids is 1. The van der Waals surface area contributed by atoms with Gasteiger partial charge in [-0.05, 0) is 64.6 Å². The molecule has 2 aromatic heterocycles. The second-order valence-corrected chi connectivity index (χ2v) is 16.4. The molecule has 1 aliphatic rings. The largest absolute Gasteiger partial charge is 0.481 e. The molecule has 1 saturated heterocycles. The molecule has 0 spiro atoms. The van der Waals surface area contributed by atoms with Gasteiger partial charge in [0.15, 0.2) is 5.82 Å². The third-order valence-corrected chi connectivity index (χ3v) is 11.9. The van der Waals surface area contributed by atoms with Crippen LogP contribution in [0.1, 0.15) is 73.1 Å². The van der Waals surface area contributed by atoms with Crippen molar-refractivity contribution in [1.29, 1.82) is 0 Å². The lowest BCUT2D eigenvalue weighted by atomic mass is 9.93. The summed E-state index contributed by atoms with van der Waals surface area (Å²) in [6.45, 7) is 11.0. The van der Waals surface area contributed by atoms with E-state index in [0.29, 0.717) is 27.7 Å². The molecule has 0 unspecified atom stereocenters. The van der Waals surface area contributed by atoms with Crippen molar-refractivity contribution < 1.29 is 23.9 Å². The third-order valence-electron chi connectivity index (χ3n) is 10.4. The van der Waals surface area contributed by atoms with E-state index in [4.69, 9.17) is 0 Å². The Morgan fingerprint density at radius 1 is 0.873 bits per heavy atom. The van der Waals surface area contributed by atoms with Crippen molar-refractivity contribution in [2.24, 2.45) is 11.8 Å². The number of hydrogen-bond donors (Lipinski definition) is 2. The summed E-state index contributed by atoms with van der Waals surface area (Å²) >= 11 is 1.40. The Bertz CT molecular complexity index is 2180. The van der Waals surface area contributed by atoms with Crippen molar-refractivity contribution in [3.05, 3.63) is 124 Å². The molecule has 0 aliphatic carbocycles. The van der Waals surface area contributed by atoms with E-state index in [1.165, 1.54) is 16.9 Å². The molecule has 1 fully saturated rings. The summed E-state index contributed by atoms with van der Waals surface area (Å²) in [5, 5.41) is 12.4. The van der Waals surface area contributed by atoms with Gasteiger partial charge < -0.3 is 15.3 Å². The van der Waals surface area contributed by atoms with Crippen molar-refractivity contribution in [2.75, 3.05) is 13.1 Å². The van der Waals surface area contributed by atoms with Crippen LogP contribution < -0.4 is 5.32 Å². The first kappa shape index (κ1) is 39.3. The number of carboxylic acid groups (broad SMARTS) is 1. The van der Waals surface area contributed by atoms with Gasteiger partial charge in [-0.25, -0.2) is 19.2 Å². The van der Waals surface area contributed by atoms with Gasteiger partial charge in [0.1, 0.15) is 17.5 Å². The van der Waals surface area contributed by atoms with Crippen molar-refractivity contribution >= 4 is 29.2 Å². The van der Waals surface area contributed by atoms with E-state index in [-0.39, 0.29) is 42.3 Å². The average Bonchev–Trinajstić information content (AvgIpc) is 3.67. The maximum atomic E-state index is 15.4. The summed E-state index contributed by atoms with van der Waals surface area (Å²) in [5.74, 6) is 0.955. The monoisotopic (exact) mass is 758 g/mol. The zero-order valence-corrected chi connectivity index (χ0v) is 32.8. The van der Waals surface area contributed by atoms with E-state index < -0.39 is 17.9 Å². The Balaban J connectivity index is 1.15. The minimum absolute atomic E-state index is 0.118. The second-order valence-electron chi connectivity index (χ2n) is 15.3. The number of benzene rings is 3. The van der Waals surface area contributed by atoms with Crippen LogP contribution in [0.25, 0.3) is 33.6 Å². The van der Waals surface area contributed by atoms with Gasteiger partial charge in [-0.1, -0.05) is 108 Å². The maximum absolute atomic E-state index is 15.4. The number of carbonyl (C=O) groups is 2. The average molecular weight is 759 g/mol. The molecule has 10 heteroatoms. The molecule has 2 N–H and O–H groups in total. The highest BCUT2D eigenvalue weighted by Gasteiger charge is 2.37. The van der Waals surface area contributed by atoms with Crippen LogP contribution >= 0.6 is 11.3 Å². The number of aliphatic carboxylic acids is 1. The topological polar surface area (TPSA) is 112 Å². The van der Waals surface area contributed by atoms with Gasteiger partial charge in [0.25, 0.3) is 5.91 Å². The number of amides is 1. The molecule has 284 valence electrons. The number of nitrogens with zero attached hydrogens (tertiary/aromatic N) is 3. The summed E-state index contributed by atoms with van der Waals surface area (Å²) in [7, 11) is 0. The minimum atomic E-state index is -0.923. The highest BCUT2D eigenvalue weighted by atomic mass is 32.1. The second kappa shape index (κ2) is 16.9. The molecular weight excluding hydrogens is 712 g/mol. The Hall–Kier alpha value is -5.44. The first-order valence-electron chi connectivity index (χ1n) is 18.8. The van der Waals surface area contributed by atoms with Crippen molar-refractivity contribution in [1.82, 2.24) is 20.2 Å². The van der Waals surface area contributed by atoms with Gasteiger partial charge in [-0.3, -0.25) is 9.59 Å². The number of carbonyl (C=O) groups excluding carboxylic acids is 2. The Kier molecular flexibility index (Phi) is 12.1. The number of likely N-dealkylation sites (tertiary alicyclic amines) is 1. The fraction of sp³-hybridized carbons (Fsp3) is 0.333. The van der Waals surface area contributed by atoms with Crippen LogP contribution in [0.4, 0.5) is 4.39 Å². The predicted octanol–water partition coefficient (Wildman–Crippen LogP) is 9.03. The molecule has 3 heterocycles. The quantitative estimate of drug-likeness (QED) is 0.109. The molecule has 5 aromatic rings. The summed E-state index contributed by atoms with van der Waals surface area (Å²) in [6.07, 6.45) is 6.86. The lowest BCUT2D eigenvalue weighted by molar-refractivity contribution is -0.146. The number of halogens is 1. The fourth-order valence-corrected chi connectivity index (χ4v) is 7.78. The zero-order chi connectivity index (χ0) is 39.3. The van der Waals surface area contributed by atoms with Crippen LogP contribution in [0.5, 0.6) is 0 Å². The lowest BCUT2D eigenvalue weighted by Crippen LogP contribution is -2.54. The highest BCUT2D eigenvalue weighted by molar-refractivity contribution is 7.14. The number of aromatic nitrogens is 2. The Morgan fingerprint density at radius 3 is 2.02 bits per heavy atom. The van der Waals surface area contributed by atoms with Crippen LogP contribution in [0, 0.1) is 17.7 Å². The molecule has 3 aromatic carbocycles. The van der Waals surface area contributed by atoms with Gasteiger partial charge >= 0.3 is 5.97 Å². The van der Waals surface area contributed by atoms with Crippen molar-refractivity contribution in [2.45, 2.75) is 71.8 Å². The number of rotatable bonds is 14. The van der Waals surface area contributed by atoms with Gasteiger partial charge in [0.2, 0.25) is 0 Å². The molecule has 55 heavy (non-hydrogen) atoms. The molecule has 6 rings (SSSR count). The van der Waals surface area contributed by atoms with E-state index >= 15 is 4.39 Å². The summed E-state index contributed by atoms with van der Waals surface area (Å²) in [4.78, 5) is 49.5. The SMILES string of the molecule is CCC(CC)Cc1ccc(-c2ccc(-c3cnc(-c4ccc(C[C@H](NC(=O)c5ccc(C(C)(C)C)s5)C(=C=O)N5CC(C(=O)O)C5)cc4)nc3)c(F)c2)cc1. The summed E-state index contributed by atoms with van der Waals surface area (Å²) < 4.78 is 15.4. The molecule has 0 radical (unpaired) electrons. The van der Waals surface area contributed by atoms with E-state index in [2.05, 4.69) is 74.2 Å². The number of thiophene rings is 1. The van der Waals surface area contributed by atoms with Crippen LogP contribution in [-0.4, -0.2) is 56.9 Å². The van der Waals surface area contributed by atoms with E-state index in [9.17, 15) is 19.5 Å². The molecule has 0 saturated carbocycles. The lowest BCUT2D eigenvalue weighted by Gasteiger charge is -2.41. The van der Waals surface area contributed by atoms with Crippen molar-refractivity contribution in [3.8, 4) is 33.6 Å². The van der Waals surface area contributed by atoms with E-state index in [0.717, 1.165) is 46.4 Å². The smallest absolute Gasteiger partial charge is 0.310 e. The molecule has 1 amide bonds.